The summed E-state index contributed by atoms with van der Waals surface area (Å²) >= 11 is 0. The summed E-state index contributed by atoms with van der Waals surface area (Å²) in [5.74, 6) is -0.950. The van der Waals surface area contributed by atoms with Crippen molar-refractivity contribution < 1.29 is 8.78 Å². The van der Waals surface area contributed by atoms with Crippen LogP contribution in [0.4, 0.5) is 20.4 Å². The topological polar surface area (TPSA) is 31.4 Å². The minimum Gasteiger partial charge on any atom is -0.368 e. The molecule has 0 saturated carbocycles. The standard InChI is InChI=1S/C14H24F2N4/c1-5-7-20(9-8-19(3)4)14-12(16)10-11(15)13(18-14)17-6-2/h10H,5-9H2,1-4H3,(H,17,18). The van der Waals surface area contributed by atoms with Crippen LogP contribution in [0, 0.1) is 11.6 Å². The predicted octanol–water partition coefficient (Wildman–Crippen LogP) is 2.57. The van der Waals surface area contributed by atoms with E-state index >= 15 is 0 Å². The number of hydrogen-bond acceptors (Lipinski definition) is 4. The highest BCUT2D eigenvalue weighted by Gasteiger charge is 2.17. The van der Waals surface area contributed by atoms with Crippen LogP contribution in [0.5, 0.6) is 0 Å². The van der Waals surface area contributed by atoms with Gasteiger partial charge in [0.05, 0.1) is 0 Å². The van der Waals surface area contributed by atoms with Crippen LogP contribution in [0.1, 0.15) is 20.3 Å². The molecule has 1 aromatic heterocycles. The Labute approximate surface area is 119 Å². The minimum atomic E-state index is -0.655. The van der Waals surface area contributed by atoms with E-state index in [9.17, 15) is 8.78 Å². The van der Waals surface area contributed by atoms with Gasteiger partial charge in [-0.3, -0.25) is 0 Å². The lowest BCUT2D eigenvalue weighted by Gasteiger charge is -2.25. The molecule has 0 saturated heterocycles. The van der Waals surface area contributed by atoms with Crippen molar-refractivity contribution in [3.63, 3.8) is 0 Å². The number of hydrogen-bond donors (Lipinski definition) is 1. The van der Waals surface area contributed by atoms with Crippen molar-refractivity contribution in [3.8, 4) is 0 Å². The third kappa shape index (κ3) is 4.59. The fourth-order valence-corrected chi connectivity index (χ4v) is 1.88. The van der Waals surface area contributed by atoms with Gasteiger partial charge in [-0.15, -0.1) is 0 Å². The van der Waals surface area contributed by atoms with Crippen molar-refractivity contribution in [2.24, 2.45) is 0 Å². The molecule has 0 fully saturated rings. The molecule has 0 amide bonds. The molecule has 114 valence electrons. The molecule has 1 N–H and O–H groups in total. The van der Waals surface area contributed by atoms with Crippen molar-refractivity contribution in [1.29, 1.82) is 0 Å². The summed E-state index contributed by atoms with van der Waals surface area (Å²) in [5.41, 5.74) is 0. The SMILES string of the molecule is CCCN(CCN(C)C)c1nc(NCC)c(F)cc1F. The Kier molecular flexibility index (Phi) is 6.64. The highest BCUT2D eigenvalue weighted by molar-refractivity contribution is 5.49. The molecule has 0 aromatic carbocycles. The molecule has 20 heavy (non-hydrogen) atoms. The number of likely N-dealkylation sites (N-methyl/N-ethyl adjacent to an activating group) is 1. The molecular formula is C14H24F2N4. The summed E-state index contributed by atoms with van der Waals surface area (Å²) < 4.78 is 27.6. The van der Waals surface area contributed by atoms with Gasteiger partial charge in [0.1, 0.15) is 0 Å². The number of halogens is 2. The summed E-state index contributed by atoms with van der Waals surface area (Å²) in [6, 6.07) is 0.901. The van der Waals surface area contributed by atoms with Crippen LogP contribution in [0.3, 0.4) is 0 Å². The van der Waals surface area contributed by atoms with E-state index in [0.29, 0.717) is 19.6 Å². The second-order valence-corrected chi connectivity index (χ2v) is 4.94. The monoisotopic (exact) mass is 286 g/mol. The van der Waals surface area contributed by atoms with Crippen molar-refractivity contribution >= 4 is 11.6 Å². The first-order valence-corrected chi connectivity index (χ1v) is 6.99. The lowest BCUT2D eigenvalue weighted by Crippen LogP contribution is -2.33. The van der Waals surface area contributed by atoms with Gasteiger partial charge in [-0.25, -0.2) is 13.8 Å². The molecular weight excluding hydrogens is 262 g/mol. The molecule has 1 heterocycles. The number of aromatic nitrogens is 1. The molecule has 4 nitrogen and oxygen atoms in total. The zero-order chi connectivity index (χ0) is 15.1. The Bertz CT molecular complexity index is 424. The van der Waals surface area contributed by atoms with Gasteiger partial charge in [-0.05, 0) is 27.4 Å². The van der Waals surface area contributed by atoms with Gasteiger partial charge < -0.3 is 15.1 Å². The van der Waals surface area contributed by atoms with Crippen LogP contribution in [0.2, 0.25) is 0 Å². The minimum absolute atomic E-state index is 0.106. The predicted molar refractivity (Wildman–Crippen MR) is 79.4 cm³/mol. The van der Waals surface area contributed by atoms with Crippen molar-refractivity contribution in [2.45, 2.75) is 20.3 Å². The fraction of sp³-hybridized carbons (Fsp3) is 0.643. The average molecular weight is 286 g/mol. The van der Waals surface area contributed by atoms with E-state index in [1.165, 1.54) is 0 Å². The number of rotatable bonds is 8. The molecule has 0 aliphatic rings. The quantitative estimate of drug-likeness (QED) is 0.796. The van der Waals surface area contributed by atoms with E-state index in [0.717, 1.165) is 19.0 Å². The maximum Gasteiger partial charge on any atom is 0.168 e. The molecule has 0 spiro atoms. The molecule has 0 radical (unpaired) electrons. The lowest BCUT2D eigenvalue weighted by molar-refractivity contribution is 0.411. The van der Waals surface area contributed by atoms with Gasteiger partial charge >= 0.3 is 0 Å². The first kappa shape index (κ1) is 16.6. The van der Waals surface area contributed by atoms with Crippen molar-refractivity contribution in [3.05, 3.63) is 17.7 Å². The number of pyridine rings is 1. The first-order valence-electron chi connectivity index (χ1n) is 6.99. The largest absolute Gasteiger partial charge is 0.368 e. The Morgan fingerprint density at radius 1 is 1.10 bits per heavy atom. The first-order chi connectivity index (χ1) is 9.49. The molecule has 1 rings (SSSR count). The molecule has 0 aliphatic carbocycles. The van der Waals surface area contributed by atoms with Crippen LogP contribution < -0.4 is 10.2 Å². The summed E-state index contributed by atoms with van der Waals surface area (Å²) in [6.45, 7) is 6.54. The smallest absolute Gasteiger partial charge is 0.168 e. The van der Waals surface area contributed by atoms with Gasteiger partial charge in [0, 0.05) is 32.2 Å². The van der Waals surface area contributed by atoms with E-state index in [1.807, 2.05) is 37.7 Å². The molecule has 0 unspecified atom stereocenters. The maximum atomic E-state index is 14.0. The van der Waals surface area contributed by atoms with Crippen molar-refractivity contribution in [1.82, 2.24) is 9.88 Å². The van der Waals surface area contributed by atoms with E-state index in [2.05, 4.69) is 10.3 Å². The van der Waals surface area contributed by atoms with E-state index < -0.39 is 11.6 Å². The van der Waals surface area contributed by atoms with Crippen LogP contribution in [0.15, 0.2) is 6.07 Å². The molecule has 0 aliphatic heterocycles. The zero-order valence-corrected chi connectivity index (χ0v) is 12.7. The summed E-state index contributed by atoms with van der Waals surface area (Å²) in [5, 5.41) is 2.82. The average Bonchev–Trinajstić information content (AvgIpc) is 2.38. The van der Waals surface area contributed by atoms with E-state index in [-0.39, 0.29) is 11.6 Å². The third-order valence-corrected chi connectivity index (χ3v) is 2.87. The highest BCUT2D eigenvalue weighted by Crippen LogP contribution is 2.22. The maximum absolute atomic E-state index is 14.0. The molecule has 0 atom stereocenters. The van der Waals surface area contributed by atoms with Crippen LogP contribution in [0.25, 0.3) is 0 Å². The Morgan fingerprint density at radius 2 is 1.80 bits per heavy atom. The number of anilines is 2. The van der Waals surface area contributed by atoms with Crippen molar-refractivity contribution in [2.75, 3.05) is 50.5 Å². The Balaban J connectivity index is 3.01. The van der Waals surface area contributed by atoms with E-state index in [1.54, 1.807) is 0 Å². The second-order valence-electron chi connectivity index (χ2n) is 4.94. The Hall–Kier alpha value is -1.43. The zero-order valence-electron chi connectivity index (χ0n) is 12.7. The van der Waals surface area contributed by atoms with Crippen LogP contribution in [-0.4, -0.2) is 50.2 Å². The highest BCUT2D eigenvalue weighted by atomic mass is 19.1. The number of nitrogens with one attached hydrogen (secondary N) is 1. The molecule has 6 heteroatoms. The molecule has 1 aromatic rings. The van der Waals surface area contributed by atoms with E-state index in [4.69, 9.17) is 0 Å². The summed E-state index contributed by atoms with van der Waals surface area (Å²) in [6.07, 6.45) is 0.877. The third-order valence-electron chi connectivity index (χ3n) is 2.87. The summed E-state index contributed by atoms with van der Waals surface area (Å²) in [4.78, 5) is 7.98. The number of nitrogens with zero attached hydrogens (tertiary/aromatic N) is 3. The van der Waals surface area contributed by atoms with Crippen LogP contribution in [-0.2, 0) is 0 Å². The lowest BCUT2D eigenvalue weighted by atomic mass is 10.3. The second kappa shape index (κ2) is 7.99. The normalized spacial score (nSPS) is 10.9. The van der Waals surface area contributed by atoms with Gasteiger partial charge in [0.25, 0.3) is 0 Å². The molecule has 0 bridgehead atoms. The van der Waals surface area contributed by atoms with Gasteiger partial charge in [0.15, 0.2) is 23.3 Å². The van der Waals surface area contributed by atoms with Gasteiger partial charge in [-0.2, -0.15) is 0 Å². The summed E-state index contributed by atoms with van der Waals surface area (Å²) in [7, 11) is 3.92. The fourth-order valence-electron chi connectivity index (χ4n) is 1.88. The van der Waals surface area contributed by atoms with Gasteiger partial charge in [0.2, 0.25) is 0 Å². The van der Waals surface area contributed by atoms with Crippen LogP contribution >= 0.6 is 0 Å². The van der Waals surface area contributed by atoms with Gasteiger partial charge in [-0.1, -0.05) is 6.92 Å². The Morgan fingerprint density at radius 3 is 2.35 bits per heavy atom.